The average molecular weight is 349 g/mol. The number of carbonyl (C=O) groups is 1. The van der Waals surface area contributed by atoms with Gasteiger partial charge in [0, 0.05) is 17.6 Å². The van der Waals surface area contributed by atoms with Gasteiger partial charge in [-0.15, -0.1) is 11.6 Å². The van der Waals surface area contributed by atoms with Gasteiger partial charge in [0.1, 0.15) is 5.75 Å². The quantitative estimate of drug-likeness (QED) is 0.265. The third-order valence-electron chi connectivity index (χ3n) is 3.54. The first-order valence-electron chi connectivity index (χ1n) is 7.55. The molecule has 0 aliphatic rings. The van der Waals surface area contributed by atoms with E-state index in [4.69, 9.17) is 22.2 Å². The molecular weight excluding hydrogens is 328 g/mol. The molecule has 128 valence electrons. The summed E-state index contributed by atoms with van der Waals surface area (Å²) >= 11 is 5.72. The number of alkyl halides is 1. The first-order valence-corrected chi connectivity index (χ1v) is 8.09. The molecule has 24 heavy (non-hydrogen) atoms. The number of nitrogens with one attached hydrogen (secondary N) is 1. The van der Waals surface area contributed by atoms with Crippen LogP contribution in [0.2, 0.25) is 0 Å². The molecule has 0 saturated heterocycles. The summed E-state index contributed by atoms with van der Waals surface area (Å²) in [6.45, 7) is 1.93. The maximum absolute atomic E-state index is 11.9. The Bertz CT molecular complexity index is 740. The van der Waals surface area contributed by atoms with Crippen molar-refractivity contribution in [3.05, 3.63) is 47.6 Å². The summed E-state index contributed by atoms with van der Waals surface area (Å²) in [7, 11) is 1.61. The van der Waals surface area contributed by atoms with E-state index < -0.39 is 0 Å². The maximum atomic E-state index is 11.9. The molecule has 0 unspecified atom stereocenters. The average Bonchev–Trinajstić information content (AvgIpc) is 3.03. The Labute approximate surface area is 146 Å². The number of carbonyl (C=O) groups excluding carboxylic acids is 1. The van der Waals surface area contributed by atoms with Crippen LogP contribution in [0, 0.1) is 6.92 Å². The van der Waals surface area contributed by atoms with Crippen molar-refractivity contribution >= 4 is 23.6 Å². The Hall–Kier alpha value is -2.31. The van der Waals surface area contributed by atoms with Gasteiger partial charge in [0.25, 0.3) is 5.91 Å². The lowest BCUT2D eigenvalue weighted by molar-refractivity contribution is -0.117. The second-order valence-corrected chi connectivity index (χ2v) is 5.67. The number of aromatic nitrogens is 2. The zero-order valence-corrected chi connectivity index (χ0v) is 14.5. The van der Waals surface area contributed by atoms with Gasteiger partial charge in [-0.25, -0.2) is 10.8 Å². The molecule has 0 saturated carbocycles. The number of amides is 1. The smallest absolute Gasteiger partial charge is 0.261 e. The number of benzene rings is 1. The zero-order chi connectivity index (χ0) is 17.5. The van der Waals surface area contributed by atoms with Crippen molar-refractivity contribution in [1.82, 2.24) is 15.0 Å². The summed E-state index contributed by atoms with van der Waals surface area (Å²) in [5, 5.41) is 0. The predicted octanol–water partition coefficient (Wildman–Crippen LogP) is 2.58. The number of methoxy groups -OCH3 is 1. The zero-order valence-electron chi connectivity index (χ0n) is 13.8. The number of imidazole rings is 1. The highest BCUT2D eigenvalue weighted by molar-refractivity contribution is 6.17. The molecule has 6 nitrogen and oxygen atoms in total. The third kappa shape index (κ3) is 4.37. The van der Waals surface area contributed by atoms with E-state index in [9.17, 15) is 4.79 Å². The second kappa shape index (κ2) is 8.52. The molecule has 2 rings (SSSR count). The van der Waals surface area contributed by atoms with Crippen LogP contribution >= 0.6 is 11.6 Å². The van der Waals surface area contributed by atoms with E-state index in [1.165, 1.54) is 0 Å². The lowest BCUT2D eigenvalue weighted by Gasteiger charge is -2.11. The minimum absolute atomic E-state index is 0.312. The Morgan fingerprint density at radius 2 is 2.29 bits per heavy atom. The third-order valence-corrected chi connectivity index (χ3v) is 3.80. The van der Waals surface area contributed by atoms with Gasteiger partial charge in [-0.2, -0.15) is 0 Å². The summed E-state index contributed by atoms with van der Waals surface area (Å²) in [6.07, 6.45) is 6.69. The molecule has 1 aromatic heterocycles. The van der Waals surface area contributed by atoms with E-state index in [1.54, 1.807) is 19.5 Å². The molecule has 1 aromatic carbocycles. The lowest BCUT2D eigenvalue weighted by Crippen LogP contribution is -2.31. The van der Waals surface area contributed by atoms with Gasteiger partial charge in [-0.1, -0.05) is 6.07 Å². The monoisotopic (exact) mass is 348 g/mol. The molecule has 0 fully saturated rings. The first kappa shape index (κ1) is 18.0. The van der Waals surface area contributed by atoms with Crippen molar-refractivity contribution in [2.24, 2.45) is 5.84 Å². The number of halogens is 1. The van der Waals surface area contributed by atoms with Crippen LogP contribution in [-0.2, 0) is 4.79 Å². The number of nitrogens with zero attached hydrogens (tertiary/aromatic N) is 2. The van der Waals surface area contributed by atoms with Crippen LogP contribution in [0.25, 0.3) is 11.8 Å². The van der Waals surface area contributed by atoms with Crippen LogP contribution in [0.1, 0.15) is 24.1 Å². The fourth-order valence-corrected chi connectivity index (χ4v) is 2.49. The van der Waals surface area contributed by atoms with Gasteiger partial charge in [-0.05, 0) is 43.5 Å². The first-order chi connectivity index (χ1) is 11.6. The van der Waals surface area contributed by atoms with E-state index >= 15 is 0 Å². The normalized spacial score (nSPS) is 11.4. The van der Waals surface area contributed by atoms with Crippen molar-refractivity contribution in [2.45, 2.75) is 19.8 Å². The van der Waals surface area contributed by atoms with Crippen molar-refractivity contribution in [3.8, 4) is 11.4 Å². The van der Waals surface area contributed by atoms with Gasteiger partial charge in [0.05, 0.1) is 24.8 Å². The van der Waals surface area contributed by atoms with Gasteiger partial charge >= 0.3 is 0 Å². The maximum Gasteiger partial charge on any atom is 0.261 e. The molecule has 0 radical (unpaired) electrons. The van der Waals surface area contributed by atoms with E-state index in [0.717, 1.165) is 16.9 Å². The number of rotatable bonds is 7. The molecule has 0 aliphatic heterocycles. The van der Waals surface area contributed by atoms with Crippen LogP contribution < -0.4 is 16.0 Å². The second-order valence-electron chi connectivity index (χ2n) is 5.29. The molecule has 0 atom stereocenters. The Morgan fingerprint density at radius 1 is 1.50 bits per heavy atom. The van der Waals surface area contributed by atoms with Gasteiger partial charge < -0.3 is 9.30 Å². The van der Waals surface area contributed by atoms with Gasteiger partial charge in [-0.3, -0.25) is 10.2 Å². The fraction of sp³-hybridized carbons (Fsp3) is 0.294. The molecule has 1 heterocycles. The van der Waals surface area contributed by atoms with E-state index in [2.05, 4.69) is 10.4 Å². The number of hydrogen-bond donors (Lipinski definition) is 2. The summed E-state index contributed by atoms with van der Waals surface area (Å²) in [5.41, 5.74) is 5.39. The SMILES string of the molecule is COc1cc(C=C(CCCCl)C(=O)NN)ccc1-n1cnc(C)c1. The molecule has 2 aromatic rings. The van der Waals surface area contributed by atoms with Crippen LogP contribution in [0.3, 0.4) is 0 Å². The van der Waals surface area contributed by atoms with E-state index in [0.29, 0.717) is 30.0 Å². The summed E-state index contributed by atoms with van der Waals surface area (Å²) < 4.78 is 7.37. The fourth-order valence-electron chi connectivity index (χ4n) is 2.35. The molecule has 3 N–H and O–H groups in total. The Balaban J connectivity index is 2.36. The number of nitrogens with two attached hydrogens (primary N) is 1. The minimum atomic E-state index is -0.312. The molecule has 0 spiro atoms. The predicted molar refractivity (Wildman–Crippen MR) is 95.1 cm³/mol. The number of hydrogen-bond acceptors (Lipinski definition) is 4. The molecule has 0 bridgehead atoms. The van der Waals surface area contributed by atoms with Crippen molar-refractivity contribution in [3.63, 3.8) is 0 Å². The van der Waals surface area contributed by atoms with E-state index in [1.807, 2.05) is 35.9 Å². The highest BCUT2D eigenvalue weighted by Crippen LogP contribution is 2.26. The molecule has 7 heteroatoms. The van der Waals surface area contributed by atoms with Crippen molar-refractivity contribution in [1.29, 1.82) is 0 Å². The topological polar surface area (TPSA) is 82.2 Å². The number of aryl methyl sites for hydroxylation is 1. The minimum Gasteiger partial charge on any atom is -0.495 e. The van der Waals surface area contributed by atoms with Crippen LogP contribution in [0.5, 0.6) is 5.75 Å². The highest BCUT2D eigenvalue weighted by Gasteiger charge is 2.10. The van der Waals surface area contributed by atoms with Crippen LogP contribution in [0.4, 0.5) is 0 Å². The summed E-state index contributed by atoms with van der Waals surface area (Å²) in [6, 6.07) is 5.71. The van der Waals surface area contributed by atoms with Crippen LogP contribution in [-0.4, -0.2) is 28.4 Å². The number of hydrazine groups is 1. The standard InChI is InChI=1S/C17H21ClN4O2/c1-12-10-22(11-20-12)15-6-5-13(9-16(15)24-2)8-14(4-3-7-18)17(23)21-19/h5-6,8-11H,3-4,7,19H2,1-2H3,(H,21,23). The molecule has 0 aliphatic carbocycles. The lowest BCUT2D eigenvalue weighted by atomic mass is 10.1. The van der Waals surface area contributed by atoms with Gasteiger partial charge in [0.15, 0.2) is 0 Å². The summed E-state index contributed by atoms with van der Waals surface area (Å²) in [5.74, 6) is 6.11. The van der Waals surface area contributed by atoms with Gasteiger partial charge in [0.2, 0.25) is 0 Å². The van der Waals surface area contributed by atoms with Crippen molar-refractivity contribution < 1.29 is 9.53 Å². The molecular formula is C17H21ClN4O2. The number of ether oxygens (including phenoxy) is 1. The largest absolute Gasteiger partial charge is 0.495 e. The van der Waals surface area contributed by atoms with Crippen LogP contribution in [0.15, 0.2) is 36.3 Å². The van der Waals surface area contributed by atoms with Crippen molar-refractivity contribution in [2.75, 3.05) is 13.0 Å². The summed E-state index contributed by atoms with van der Waals surface area (Å²) in [4.78, 5) is 16.1. The Kier molecular flexibility index (Phi) is 6.40. The molecule has 1 amide bonds. The van der Waals surface area contributed by atoms with E-state index in [-0.39, 0.29) is 5.91 Å². The highest BCUT2D eigenvalue weighted by atomic mass is 35.5. The Morgan fingerprint density at radius 3 is 2.88 bits per heavy atom.